The lowest BCUT2D eigenvalue weighted by atomic mass is 10.5. The van der Waals surface area contributed by atoms with Gasteiger partial charge in [-0.25, -0.2) is 0 Å². The van der Waals surface area contributed by atoms with Gasteiger partial charge in [0.25, 0.3) is 0 Å². The Morgan fingerprint density at radius 1 is 1.71 bits per heavy atom. The maximum absolute atomic E-state index is 4.95. The SMILES string of the molecule is [NH2+]=[C-]c1ccco1. The Balaban J connectivity index is 2.96. The first-order chi connectivity index (χ1) is 3.43. The van der Waals surface area contributed by atoms with Crippen LogP contribution in [0, 0.1) is 0 Å². The Labute approximate surface area is 41.3 Å². The minimum absolute atomic E-state index is 0.583. The molecule has 0 aliphatic rings. The van der Waals surface area contributed by atoms with Crippen LogP contribution in [-0.4, -0.2) is 6.21 Å². The molecule has 36 valence electrons. The fourth-order valence-electron chi connectivity index (χ4n) is 0.361. The molecule has 0 spiro atoms. The van der Waals surface area contributed by atoms with Crippen LogP contribution in [0.5, 0.6) is 0 Å². The summed E-state index contributed by atoms with van der Waals surface area (Å²) in [6, 6.07) is 3.50. The quantitative estimate of drug-likeness (QED) is 0.365. The summed E-state index contributed by atoms with van der Waals surface area (Å²) in [5.74, 6) is 0.583. The summed E-state index contributed by atoms with van der Waals surface area (Å²) < 4.78 is 4.75. The second kappa shape index (κ2) is 1.60. The standard InChI is InChI=1S/C5H5NO/c6-4-5-2-1-3-7-5/h1-3H,6H2. The van der Waals surface area contributed by atoms with Gasteiger partial charge < -0.3 is 9.83 Å². The third-order valence-electron chi connectivity index (χ3n) is 0.663. The average molecular weight is 95.1 g/mol. The first-order valence-corrected chi connectivity index (χ1v) is 1.93. The molecule has 0 amide bonds. The third-order valence-corrected chi connectivity index (χ3v) is 0.663. The fraction of sp³-hybridized carbons (Fsp3) is 0. The lowest BCUT2D eigenvalue weighted by Gasteiger charge is -1.78. The van der Waals surface area contributed by atoms with Crippen molar-refractivity contribution in [1.29, 1.82) is 0 Å². The van der Waals surface area contributed by atoms with E-state index in [2.05, 4.69) is 6.21 Å². The summed E-state index contributed by atoms with van der Waals surface area (Å²) in [5.41, 5.74) is 0. The fourth-order valence-corrected chi connectivity index (χ4v) is 0.361. The molecule has 1 aromatic heterocycles. The van der Waals surface area contributed by atoms with E-state index in [9.17, 15) is 0 Å². The summed E-state index contributed by atoms with van der Waals surface area (Å²) >= 11 is 0. The van der Waals surface area contributed by atoms with Crippen molar-refractivity contribution in [2.75, 3.05) is 0 Å². The molecule has 1 aromatic rings. The van der Waals surface area contributed by atoms with Crippen molar-refractivity contribution in [3.63, 3.8) is 0 Å². The molecule has 0 bridgehead atoms. The van der Waals surface area contributed by atoms with Gasteiger partial charge in [-0.1, -0.05) is 0 Å². The van der Waals surface area contributed by atoms with Gasteiger partial charge in [-0.2, -0.15) is 6.07 Å². The van der Waals surface area contributed by atoms with Crippen LogP contribution in [0.2, 0.25) is 0 Å². The van der Waals surface area contributed by atoms with Crippen LogP contribution in [0.4, 0.5) is 0 Å². The highest BCUT2D eigenvalue weighted by Crippen LogP contribution is 1.91. The Hall–Kier alpha value is -1.05. The van der Waals surface area contributed by atoms with E-state index in [4.69, 9.17) is 9.83 Å². The van der Waals surface area contributed by atoms with E-state index in [-0.39, 0.29) is 0 Å². The van der Waals surface area contributed by atoms with Crippen molar-refractivity contribution >= 4 is 6.21 Å². The third kappa shape index (κ3) is 0.682. The molecule has 0 saturated carbocycles. The lowest BCUT2D eigenvalue weighted by molar-refractivity contribution is -0.105. The molecule has 2 nitrogen and oxygen atoms in total. The lowest BCUT2D eigenvalue weighted by Crippen LogP contribution is -2.29. The van der Waals surface area contributed by atoms with E-state index in [1.165, 1.54) is 0 Å². The molecule has 1 rings (SSSR count). The maximum Gasteiger partial charge on any atom is 0.0819 e. The van der Waals surface area contributed by atoms with Crippen LogP contribution in [0.15, 0.2) is 22.8 Å². The van der Waals surface area contributed by atoms with E-state index in [1.807, 2.05) is 0 Å². The molecular formula is C5H5NO. The zero-order valence-electron chi connectivity index (χ0n) is 3.72. The molecule has 0 radical (unpaired) electrons. The largest absolute Gasteiger partial charge is 0.499 e. The predicted octanol–water partition coefficient (Wildman–Crippen LogP) is -0.665. The van der Waals surface area contributed by atoms with Gasteiger partial charge in [-0.05, 0) is 0 Å². The number of furan rings is 1. The van der Waals surface area contributed by atoms with Gasteiger partial charge >= 0.3 is 0 Å². The normalized spacial score (nSPS) is 8.57. The highest BCUT2D eigenvalue weighted by Gasteiger charge is 1.74. The Kier molecular flexibility index (Phi) is 0.941. The molecular weight excluding hydrogens is 90.1 g/mol. The van der Waals surface area contributed by atoms with Crippen LogP contribution in [0.1, 0.15) is 5.76 Å². The van der Waals surface area contributed by atoms with E-state index in [0.717, 1.165) is 0 Å². The van der Waals surface area contributed by atoms with Gasteiger partial charge in [-0.3, -0.25) is 0 Å². The van der Waals surface area contributed by atoms with Crippen LogP contribution >= 0.6 is 0 Å². The molecule has 2 N–H and O–H groups in total. The Morgan fingerprint density at radius 3 is 2.86 bits per heavy atom. The molecule has 0 atom stereocenters. The topological polar surface area (TPSA) is 38.7 Å². The molecule has 7 heavy (non-hydrogen) atoms. The second-order valence-corrected chi connectivity index (χ2v) is 1.12. The number of nitrogens with two attached hydrogens (primary N) is 1. The average Bonchev–Trinajstić information content (AvgIpc) is 2.14. The highest BCUT2D eigenvalue weighted by molar-refractivity contribution is 5.69. The number of rotatable bonds is 1. The second-order valence-electron chi connectivity index (χ2n) is 1.12. The Bertz CT molecular complexity index is 143. The molecule has 0 aliphatic carbocycles. The minimum atomic E-state index is 0.583. The molecule has 0 saturated heterocycles. The van der Waals surface area contributed by atoms with Gasteiger partial charge in [0.05, 0.1) is 12.5 Å². The summed E-state index contributed by atoms with van der Waals surface area (Å²) in [5, 5.41) is 4.95. The van der Waals surface area contributed by atoms with Gasteiger partial charge in [0.2, 0.25) is 0 Å². The van der Waals surface area contributed by atoms with E-state index >= 15 is 0 Å². The van der Waals surface area contributed by atoms with Gasteiger partial charge in [0.15, 0.2) is 0 Å². The summed E-state index contributed by atoms with van der Waals surface area (Å²) in [6.45, 7) is 0. The number of hydrogen-bond donors (Lipinski definition) is 1. The number of hydrogen-bond acceptors (Lipinski definition) is 1. The molecule has 1 heterocycles. The van der Waals surface area contributed by atoms with E-state index in [1.54, 1.807) is 18.4 Å². The van der Waals surface area contributed by atoms with Gasteiger partial charge in [0, 0.05) is 5.76 Å². The summed E-state index contributed by atoms with van der Waals surface area (Å²) in [6.07, 6.45) is 3.89. The Morgan fingerprint density at radius 2 is 2.57 bits per heavy atom. The monoisotopic (exact) mass is 95.0 g/mol. The molecule has 0 unspecified atom stereocenters. The zero-order chi connectivity index (χ0) is 5.11. The van der Waals surface area contributed by atoms with Crippen LogP contribution in [0.3, 0.4) is 0 Å². The smallest absolute Gasteiger partial charge is 0.0819 e. The van der Waals surface area contributed by atoms with Crippen molar-refractivity contribution in [2.24, 2.45) is 0 Å². The minimum Gasteiger partial charge on any atom is -0.499 e. The van der Waals surface area contributed by atoms with Crippen molar-refractivity contribution in [3.05, 3.63) is 24.2 Å². The highest BCUT2D eigenvalue weighted by atomic mass is 16.3. The predicted molar refractivity (Wildman–Crippen MR) is 24.7 cm³/mol. The first kappa shape index (κ1) is 4.12. The van der Waals surface area contributed by atoms with Crippen LogP contribution in [0.25, 0.3) is 0 Å². The van der Waals surface area contributed by atoms with Gasteiger partial charge in [0.1, 0.15) is 0 Å². The van der Waals surface area contributed by atoms with Crippen molar-refractivity contribution < 1.29 is 9.83 Å². The molecule has 0 aromatic carbocycles. The van der Waals surface area contributed by atoms with Crippen molar-refractivity contribution in [1.82, 2.24) is 0 Å². The first-order valence-electron chi connectivity index (χ1n) is 1.93. The zero-order valence-corrected chi connectivity index (χ0v) is 3.72. The van der Waals surface area contributed by atoms with Crippen molar-refractivity contribution in [2.45, 2.75) is 0 Å². The molecule has 0 aliphatic heterocycles. The maximum atomic E-state index is 4.95. The van der Waals surface area contributed by atoms with Crippen LogP contribution in [-0.2, 0) is 0 Å². The summed E-state index contributed by atoms with van der Waals surface area (Å²) in [7, 11) is 0. The molecule has 2 heteroatoms. The van der Waals surface area contributed by atoms with Crippen LogP contribution < -0.4 is 5.41 Å². The van der Waals surface area contributed by atoms with Gasteiger partial charge in [-0.15, -0.1) is 6.07 Å². The summed E-state index contributed by atoms with van der Waals surface area (Å²) in [4.78, 5) is 0. The van der Waals surface area contributed by atoms with Crippen molar-refractivity contribution in [3.8, 4) is 0 Å². The van der Waals surface area contributed by atoms with E-state index in [0.29, 0.717) is 5.76 Å². The van der Waals surface area contributed by atoms with E-state index < -0.39 is 0 Å². The molecule has 0 fully saturated rings.